The number of halogens is 13. The smallest absolute Gasteiger partial charge is 0.374 e. The molecule has 246 valence electrons. The van der Waals surface area contributed by atoms with Crippen molar-refractivity contribution < 1.29 is 75.1 Å². The van der Waals surface area contributed by atoms with Crippen molar-refractivity contribution in [2.24, 2.45) is 0 Å². The largest absolute Gasteiger partial charge is 0.500 e. The SMILES string of the molecule is CCO[Si](CCCNC(=O)NCCSCCC(F)(F)C(F)(F)C(F)(F)C(F)(F)C(F)(F)C(F)(F)F)(OCC)OCC. The highest BCUT2D eigenvalue weighted by Crippen LogP contribution is 2.60. The van der Waals surface area contributed by atoms with E-state index in [0.717, 1.165) is 0 Å². The van der Waals surface area contributed by atoms with Crippen LogP contribution in [0.5, 0.6) is 0 Å². The Morgan fingerprint density at radius 3 is 1.54 bits per heavy atom. The first-order chi connectivity index (χ1) is 18.5. The summed E-state index contributed by atoms with van der Waals surface area (Å²) < 4.78 is 187. The molecule has 0 aromatic carbocycles. The molecule has 21 heteroatoms. The fourth-order valence-electron chi connectivity index (χ4n) is 3.07. The van der Waals surface area contributed by atoms with Crippen molar-refractivity contribution in [1.82, 2.24) is 10.6 Å². The second kappa shape index (κ2) is 15.5. The van der Waals surface area contributed by atoms with E-state index in [4.69, 9.17) is 13.3 Å². The molecule has 0 heterocycles. The number of thioether (sulfide) groups is 1. The summed E-state index contributed by atoms with van der Waals surface area (Å²) in [5.74, 6) is -38.3. The lowest BCUT2D eigenvalue weighted by Crippen LogP contribution is -2.70. The first kappa shape index (κ1) is 39.8. The van der Waals surface area contributed by atoms with Crippen molar-refractivity contribution in [2.45, 2.75) is 75.4 Å². The zero-order valence-electron chi connectivity index (χ0n) is 22.0. The van der Waals surface area contributed by atoms with Gasteiger partial charge in [0, 0.05) is 51.1 Å². The molecule has 6 nitrogen and oxygen atoms in total. The number of carbonyl (C=O) groups is 1. The highest BCUT2D eigenvalue weighted by Gasteiger charge is 2.90. The third kappa shape index (κ3) is 9.65. The summed E-state index contributed by atoms with van der Waals surface area (Å²) in [5, 5.41) is 4.71. The van der Waals surface area contributed by atoms with Gasteiger partial charge in [0.15, 0.2) is 0 Å². The third-order valence-electron chi connectivity index (χ3n) is 5.13. The molecule has 0 aliphatic heterocycles. The molecule has 2 N–H and O–H groups in total. The molecule has 0 atom stereocenters. The summed E-state index contributed by atoms with van der Waals surface area (Å²) >= 11 is 0.354. The number of urea groups is 1. The van der Waals surface area contributed by atoms with E-state index in [1.54, 1.807) is 20.8 Å². The molecule has 0 saturated heterocycles. The average molecular weight is 671 g/mol. The molecular formula is C20H31F13N2O4SSi. The van der Waals surface area contributed by atoms with Crippen LogP contribution in [0.2, 0.25) is 6.04 Å². The Kier molecular flexibility index (Phi) is 15.1. The van der Waals surface area contributed by atoms with Crippen LogP contribution in [0.15, 0.2) is 0 Å². The number of carbonyl (C=O) groups excluding carboxylic acids is 1. The van der Waals surface area contributed by atoms with Crippen molar-refractivity contribution >= 4 is 26.6 Å². The van der Waals surface area contributed by atoms with Crippen LogP contribution in [0, 0.1) is 0 Å². The molecule has 0 saturated carbocycles. The monoisotopic (exact) mass is 670 g/mol. The Hall–Kier alpha value is -1.19. The Labute approximate surface area is 232 Å². The van der Waals surface area contributed by atoms with Gasteiger partial charge in [-0.1, -0.05) is 0 Å². The number of nitrogens with one attached hydrogen (secondary N) is 2. The van der Waals surface area contributed by atoms with Gasteiger partial charge in [-0.15, -0.1) is 0 Å². The number of hydrogen-bond acceptors (Lipinski definition) is 5. The maximum absolute atomic E-state index is 13.7. The summed E-state index contributed by atoms with van der Waals surface area (Å²) in [4.78, 5) is 11.8. The van der Waals surface area contributed by atoms with E-state index >= 15 is 0 Å². The van der Waals surface area contributed by atoms with Gasteiger partial charge in [0.25, 0.3) is 0 Å². The minimum absolute atomic E-state index is 0.133. The van der Waals surface area contributed by atoms with Crippen LogP contribution in [0.1, 0.15) is 33.6 Å². The fourth-order valence-corrected chi connectivity index (χ4v) is 6.53. The van der Waals surface area contributed by atoms with E-state index in [-0.39, 0.29) is 18.8 Å². The van der Waals surface area contributed by atoms with Crippen molar-refractivity contribution in [2.75, 3.05) is 44.4 Å². The van der Waals surface area contributed by atoms with Crippen molar-refractivity contribution in [3.05, 3.63) is 0 Å². The van der Waals surface area contributed by atoms with Crippen LogP contribution >= 0.6 is 11.8 Å². The molecule has 0 aliphatic rings. The summed E-state index contributed by atoms with van der Waals surface area (Å²) in [6, 6.07) is -0.359. The standard InChI is InChI=1S/C20H31F13N2O4SSi/c1-4-37-41(38-5-2,39-6-3)13-7-9-34-14(36)35-10-12-40-11-8-15(21,22)16(23,24)17(25,26)18(27,28)19(29,30)20(31,32)33/h4-13H2,1-3H3,(H2,34,35,36). The first-order valence-corrected chi connectivity index (χ1v) is 15.1. The van der Waals surface area contributed by atoms with Gasteiger partial charge in [0.05, 0.1) is 0 Å². The van der Waals surface area contributed by atoms with Gasteiger partial charge in [0.2, 0.25) is 0 Å². The van der Waals surface area contributed by atoms with E-state index in [2.05, 4.69) is 10.6 Å². The molecule has 0 bridgehead atoms. The van der Waals surface area contributed by atoms with E-state index in [9.17, 15) is 61.9 Å². The zero-order chi connectivity index (χ0) is 32.4. The molecule has 0 aromatic heterocycles. The van der Waals surface area contributed by atoms with Crippen LogP contribution in [0.4, 0.5) is 61.9 Å². The minimum Gasteiger partial charge on any atom is -0.374 e. The van der Waals surface area contributed by atoms with Crippen molar-refractivity contribution in [1.29, 1.82) is 0 Å². The number of alkyl halides is 13. The van der Waals surface area contributed by atoms with E-state index in [1.165, 1.54) is 0 Å². The number of amides is 2. The normalized spacial score (nSPS) is 14.3. The van der Waals surface area contributed by atoms with Gasteiger partial charge < -0.3 is 23.9 Å². The topological polar surface area (TPSA) is 68.8 Å². The Balaban J connectivity index is 4.76. The Bertz CT molecular complexity index is 791. The quantitative estimate of drug-likeness (QED) is 0.0870. The lowest BCUT2D eigenvalue weighted by molar-refractivity contribution is -0.439. The van der Waals surface area contributed by atoms with E-state index in [0.29, 0.717) is 44.0 Å². The maximum atomic E-state index is 13.7. The second-order valence-corrected chi connectivity index (χ2v) is 12.1. The van der Waals surface area contributed by atoms with Crippen LogP contribution in [-0.2, 0) is 13.3 Å². The molecule has 0 rings (SSSR count). The Morgan fingerprint density at radius 2 is 1.10 bits per heavy atom. The van der Waals surface area contributed by atoms with Crippen LogP contribution < -0.4 is 10.6 Å². The molecule has 0 aromatic rings. The third-order valence-corrected chi connectivity index (χ3v) is 9.27. The molecule has 0 unspecified atom stereocenters. The molecule has 0 fully saturated rings. The molecule has 0 radical (unpaired) electrons. The van der Waals surface area contributed by atoms with Crippen LogP contribution in [0.3, 0.4) is 0 Å². The van der Waals surface area contributed by atoms with Crippen LogP contribution in [0.25, 0.3) is 0 Å². The molecule has 2 amide bonds. The first-order valence-electron chi connectivity index (χ1n) is 12.0. The highest BCUT2D eigenvalue weighted by molar-refractivity contribution is 7.99. The van der Waals surface area contributed by atoms with Gasteiger partial charge in [-0.25, -0.2) is 4.79 Å². The number of hydrogen-bond donors (Lipinski definition) is 2. The van der Waals surface area contributed by atoms with Crippen LogP contribution in [-0.4, -0.2) is 95.0 Å². The molecule has 41 heavy (non-hydrogen) atoms. The summed E-state index contributed by atoms with van der Waals surface area (Å²) in [6.07, 6.45) is -9.34. The summed E-state index contributed by atoms with van der Waals surface area (Å²) in [5.41, 5.74) is 0. The van der Waals surface area contributed by atoms with Crippen molar-refractivity contribution in [3.8, 4) is 0 Å². The maximum Gasteiger partial charge on any atom is 0.500 e. The summed E-state index contributed by atoms with van der Waals surface area (Å²) in [6.45, 7) is 6.14. The van der Waals surface area contributed by atoms with Gasteiger partial charge in [0.1, 0.15) is 0 Å². The van der Waals surface area contributed by atoms with Gasteiger partial charge in [-0.3, -0.25) is 0 Å². The molecular weight excluding hydrogens is 639 g/mol. The fraction of sp³-hybridized carbons (Fsp3) is 0.950. The predicted molar refractivity (Wildman–Crippen MR) is 124 cm³/mol. The predicted octanol–water partition coefficient (Wildman–Crippen LogP) is 6.59. The van der Waals surface area contributed by atoms with Crippen molar-refractivity contribution in [3.63, 3.8) is 0 Å². The van der Waals surface area contributed by atoms with Gasteiger partial charge in [-0.2, -0.15) is 68.8 Å². The number of rotatable bonds is 20. The zero-order valence-corrected chi connectivity index (χ0v) is 23.8. The summed E-state index contributed by atoms with van der Waals surface area (Å²) in [7, 11) is -2.94. The lowest BCUT2D eigenvalue weighted by atomic mass is 9.93. The van der Waals surface area contributed by atoms with Gasteiger partial charge in [-0.05, 0) is 32.9 Å². The van der Waals surface area contributed by atoms with Gasteiger partial charge >= 0.3 is 50.6 Å². The lowest BCUT2D eigenvalue weighted by Gasteiger charge is -2.39. The van der Waals surface area contributed by atoms with E-state index in [1.807, 2.05) is 0 Å². The van der Waals surface area contributed by atoms with E-state index < -0.39 is 62.8 Å². The highest BCUT2D eigenvalue weighted by atomic mass is 32.2. The molecule has 0 spiro atoms. The average Bonchev–Trinajstić information content (AvgIpc) is 2.83. The molecule has 0 aliphatic carbocycles. The second-order valence-electron chi connectivity index (χ2n) is 8.13. The Morgan fingerprint density at radius 1 is 0.659 bits per heavy atom. The minimum atomic E-state index is -7.91.